The van der Waals surface area contributed by atoms with Crippen molar-refractivity contribution >= 4 is 28.3 Å². The molecule has 0 aromatic carbocycles. The van der Waals surface area contributed by atoms with Crippen LogP contribution in [-0.4, -0.2) is 26.0 Å². The zero-order valence-corrected chi connectivity index (χ0v) is 10.1. The van der Waals surface area contributed by atoms with Crippen LogP contribution in [0, 0.1) is 13.8 Å². The van der Waals surface area contributed by atoms with Crippen molar-refractivity contribution in [2.75, 3.05) is 5.32 Å². The number of hydrogen-bond donors (Lipinski definition) is 2. The van der Waals surface area contributed by atoms with E-state index >= 15 is 0 Å². The second kappa shape index (κ2) is 4.46. The summed E-state index contributed by atoms with van der Waals surface area (Å²) in [7, 11) is 0. The summed E-state index contributed by atoms with van der Waals surface area (Å²) in [5, 5.41) is 12.4. The Labute approximate surface area is 101 Å². The lowest BCUT2D eigenvalue weighted by Crippen LogP contribution is -2.03. The molecule has 0 spiro atoms. The molecule has 2 heterocycles. The summed E-state index contributed by atoms with van der Waals surface area (Å²) < 4.78 is 0. The number of carboxylic acids is 1. The number of rotatable bonds is 3. The predicted octanol–water partition coefficient (Wildman–Crippen LogP) is 1.99. The quantitative estimate of drug-likeness (QED) is 0.866. The van der Waals surface area contributed by atoms with E-state index in [1.807, 2.05) is 13.8 Å². The van der Waals surface area contributed by atoms with Gasteiger partial charge in [-0.05, 0) is 13.8 Å². The predicted molar refractivity (Wildman–Crippen MR) is 63.9 cm³/mol. The van der Waals surface area contributed by atoms with Gasteiger partial charge in [0.1, 0.15) is 0 Å². The zero-order chi connectivity index (χ0) is 12.4. The van der Waals surface area contributed by atoms with Crippen LogP contribution in [0.2, 0.25) is 0 Å². The van der Waals surface area contributed by atoms with Crippen LogP contribution in [-0.2, 0) is 0 Å². The molecular formula is C10H10N4O2S. The molecule has 0 aliphatic heterocycles. The zero-order valence-electron chi connectivity index (χ0n) is 9.26. The molecule has 0 aliphatic rings. The van der Waals surface area contributed by atoms with Gasteiger partial charge in [-0.3, -0.25) is 4.98 Å². The number of aromatic nitrogens is 3. The van der Waals surface area contributed by atoms with Crippen LogP contribution in [0.3, 0.4) is 0 Å². The van der Waals surface area contributed by atoms with Crippen molar-refractivity contribution in [2.24, 2.45) is 0 Å². The van der Waals surface area contributed by atoms with Crippen LogP contribution in [0.1, 0.15) is 21.1 Å². The molecule has 88 valence electrons. The molecule has 2 aromatic rings. The fourth-order valence-corrected chi connectivity index (χ4v) is 1.99. The minimum atomic E-state index is -1.10. The Morgan fingerprint density at radius 2 is 2.12 bits per heavy atom. The minimum Gasteiger partial charge on any atom is -0.476 e. The number of nitrogens with one attached hydrogen (secondary N) is 1. The summed E-state index contributed by atoms with van der Waals surface area (Å²) in [5.41, 5.74) is 0.847. The average Bonchev–Trinajstić information content (AvgIpc) is 2.58. The van der Waals surface area contributed by atoms with E-state index in [2.05, 4.69) is 20.3 Å². The van der Waals surface area contributed by atoms with E-state index in [0.717, 1.165) is 10.6 Å². The number of thiazole rings is 1. The molecule has 0 saturated carbocycles. The molecule has 6 nitrogen and oxygen atoms in total. The minimum absolute atomic E-state index is 0.0972. The number of carboxylic acid groups (broad SMARTS) is 1. The van der Waals surface area contributed by atoms with E-state index in [4.69, 9.17) is 5.11 Å². The maximum Gasteiger partial charge on any atom is 0.356 e. The number of aromatic carboxylic acids is 1. The van der Waals surface area contributed by atoms with Gasteiger partial charge in [-0.2, -0.15) is 0 Å². The SMILES string of the molecule is Cc1nc(Nc2cncc(C(=O)O)n2)sc1C. The van der Waals surface area contributed by atoms with Gasteiger partial charge >= 0.3 is 5.97 Å². The first-order chi connectivity index (χ1) is 8.06. The molecule has 0 radical (unpaired) electrons. The van der Waals surface area contributed by atoms with Crippen molar-refractivity contribution in [3.8, 4) is 0 Å². The summed E-state index contributed by atoms with van der Waals surface area (Å²) >= 11 is 1.49. The van der Waals surface area contributed by atoms with E-state index in [0.29, 0.717) is 10.9 Å². The summed E-state index contributed by atoms with van der Waals surface area (Å²) in [4.78, 5) is 23.8. The Bertz CT molecular complexity index is 548. The molecule has 0 saturated heterocycles. The van der Waals surface area contributed by atoms with Crippen LogP contribution < -0.4 is 5.32 Å². The number of hydrogen-bond acceptors (Lipinski definition) is 6. The lowest BCUT2D eigenvalue weighted by molar-refractivity contribution is 0.0690. The van der Waals surface area contributed by atoms with Gasteiger partial charge in [-0.15, -0.1) is 11.3 Å². The fraction of sp³-hybridized carbons (Fsp3) is 0.200. The number of carbonyl (C=O) groups is 1. The molecule has 2 rings (SSSR count). The largest absolute Gasteiger partial charge is 0.476 e. The number of aryl methyl sites for hydroxylation is 2. The molecule has 0 bridgehead atoms. The Morgan fingerprint density at radius 3 is 2.71 bits per heavy atom. The van der Waals surface area contributed by atoms with Gasteiger partial charge in [-0.25, -0.2) is 14.8 Å². The van der Waals surface area contributed by atoms with Gasteiger partial charge in [0.2, 0.25) is 0 Å². The topological polar surface area (TPSA) is 88.0 Å². The third-order valence-corrected chi connectivity index (χ3v) is 3.11. The first kappa shape index (κ1) is 11.5. The highest BCUT2D eigenvalue weighted by Gasteiger charge is 2.08. The molecular weight excluding hydrogens is 240 g/mol. The molecule has 0 atom stereocenters. The fourth-order valence-electron chi connectivity index (χ4n) is 1.16. The highest BCUT2D eigenvalue weighted by Crippen LogP contribution is 2.23. The van der Waals surface area contributed by atoms with E-state index in [1.54, 1.807) is 0 Å². The summed E-state index contributed by atoms with van der Waals surface area (Å²) in [6, 6.07) is 0. The highest BCUT2D eigenvalue weighted by molar-refractivity contribution is 7.15. The first-order valence-electron chi connectivity index (χ1n) is 4.82. The Kier molecular flexibility index (Phi) is 3.01. The van der Waals surface area contributed by atoms with Crippen LogP contribution in [0.15, 0.2) is 12.4 Å². The van der Waals surface area contributed by atoms with Crippen LogP contribution in [0.4, 0.5) is 10.9 Å². The van der Waals surface area contributed by atoms with Crippen molar-refractivity contribution < 1.29 is 9.90 Å². The van der Waals surface area contributed by atoms with Crippen LogP contribution in [0.5, 0.6) is 0 Å². The number of anilines is 2. The van der Waals surface area contributed by atoms with E-state index in [-0.39, 0.29) is 5.69 Å². The van der Waals surface area contributed by atoms with Gasteiger partial charge in [0.15, 0.2) is 16.6 Å². The second-order valence-electron chi connectivity index (χ2n) is 3.38. The third-order valence-electron chi connectivity index (χ3n) is 2.12. The summed E-state index contributed by atoms with van der Waals surface area (Å²) in [6.45, 7) is 3.88. The Balaban J connectivity index is 2.24. The van der Waals surface area contributed by atoms with Crippen molar-refractivity contribution in [3.63, 3.8) is 0 Å². The van der Waals surface area contributed by atoms with Gasteiger partial charge in [0.05, 0.1) is 18.1 Å². The molecule has 0 aliphatic carbocycles. The molecule has 7 heteroatoms. The summed E-state index contributed by atoms with van der Waals surface area (Å²) in [6.07, 6.45) is 2.66. The first-order valence-corrected chi connectivity index (χ1v) is 5.64. The maximum absolute atomic E-state index is 10.7. The molecule has 0 fully saturated rings. The van der Waals surface area contributed by atoms with E-state index in [1.165, 1.54) is 23.7 Å². The molecule has 0 unspecified atom stereocenters. The normalized spacial score (nSPS) is 10.2. The number of nitrogens with zero attached hydrogens (tertiary/aromatic N) is 3. The summed E-state index contributed by atoms with van der Waals surface area (Å²) in [5.74, 6) is -0.730. The van der Waals surface area contributed by atoms with E-state index in [9.17, 15) is 4.79 Å². The average molecular weight is 250 g/mol. The highest BCUT2D eigenvalue weighted by atomic mass is 32.1. The monoisotopic (exact) mass is 250 g/mol. The lowest BCUT2D eigenvalue weighted by atomic mass is 10.4. The third kappa shape index (κ3) is 2.56. The van der Waals surface area contributed by atoms with Gasteiger partial charge in [-0.1, -0.05) is 0 Å². The van der Waals surface area contributed by atoms with Crippen LogP contribution in [0.25, 0.3) is 0 Å². The van der Waals surface area contributed by atoms with Gasteiger partial charge in [0, 0.05) is 4.88 Å². The van der Waals surface area contributed by atoms with Crippen molar-refractivity contribution in [1.82, 2.24) is 15.0 Å². The van der Waals surface area contributed by atoms with Crippen molar-refractivity contribution in [3.05, 3.63) is 28.7 Å². The van der Waals surface area contributed by atoms with Crippen LogP contribution >= 0.6 is 11.3 Å². The molecule has 17 heavy (non-hydrogen) atoms. The Morgan fingerprint density at radius 1 is 1.35 bits per heavy atom. The van der Waals surface area contributed by atoms with Gasteiger partial charge < -0.3 is 10.4 Å². The maximum atomic E-state index is 10.7. The van der Waals surface area contributed by atoms with Gasteiger partial charge in [0.25, 0.3) is 0 Å². The Hall–Kier alpha value is -2.02. The molecule has 2 N–H and O–H groups in total. The van der Waals surface area contributed by atoms with Crippen molar-refractivity contribution in [2.45, 2.75) is 13.8 Å². The standard InChI is InChI=1S/C10H10N4O2S/c1-5-6(2)17-10(12-5)14-8-4-11-3-7(13-8)9(15)16/h3-4H,1-2H3,(H,15,16)(H,12,13,14). The lowest BCUT2D eigenvalue weighted by Gasteiger charge is -2.01. The smallest absolute Gasteiger partial charge is 0.356 e. The van der Waals surface area contributed by atoms with Crippen molar-refractivity contribution in [1.29, 1.82) is 0 Å². The second-order valence-corrected chi connectivity index (χ2v) is 4.58. The molecule has 0 amide bonds. The molecule has 2 aromatic heterocycles. The van der Waals surface area contributed by atoms with E-state index < -0.39 is 5.97 Å².